The molecule has 2 rings (SSSR count). The lowest BCUT2D eigenvalue weighted by molar-refractivity contribution is 0.337. The quantitative estimate of drug-likeness (QED) is 0.490. The largest absolute Gasteiger partial charge is 0.0925 e. The smallest absolute Gasteiger partial charge is 0.00599 e. The first kappa shape index (κ1) is 7.85. The molecule has 0 saturated heterocycles. The number of alkyl halides is 1. The second-order valence-corrected chi connectivity index (χ2v) is 4.72. The maximum atomic E-state index is 3.57. The molecule has 0 aromatic rings. The molecule has 2 aliphatic rings. The van der Waals surface area contributed by atoms with Crippen LogP contribution in [0.2, 0.25) is 0 Å². The lowest BCUT2D eigenvalue weighted by Gasteiger charge is -2.23. The highest BCUT2D eigenvalue weighted by Gasteiger charge is 2.37. The highest BCUT2D eigenvalue weighted by atomic mass is 79.9. The van der Waals surface area contributed by atoms with Gasteiger partial charge in [-0.1, -0.05) is 35.0 Å². The third-order valence-corrected chi connectivity index (χ3v) is 4.33. The molecule has 0 aromatic heterocycles. The topological polar surface area (TPSA) is 0 Å². The highest BCUT2D eigenvalue weighted by Crippen LogP contribution is 2.46. The molecule has 0 aromatic carbocycles. The minimum absolute atomic E-state index is 0.870. The third-order valence-electron chi connectivity index (χ3n) is 3.30. The summed E-state index contributed by atoms with van der Waals surface area (Å²) in [6.07, 6.45) is 7.76. The summed E-state index contributed by atoms with van der Waals surface area (Å²) in [5.41, 5.74) is 0. The molecule has 0 N–H and O–H groups in total. The van der Waals surface area contributed by atoms with Gasteiger partial charge in [-0.3, -0.25) is 0 Å². The SMILES string of the molecule is CC(CBr)C1CC2C=CC1C2. The molecule has 0 radical (unpaired) electrons. The Bertz CT molecular complexity index is 174. The van der Waals surface area contributed by atoms with Gasteiger partial charge in [-0.2, -0.15) is 0 Å². The number of rotatable bonds is 2. The van der Waals surface area contributed by atoms with E-state index in [9.17, 15) is 0 Å². The normalized spacial score (nSPS) is 43.3. The highest BCUT2D eigenvalue weighted by molar-refractivity contribution is 9.09. The Kier molecular flexibility index (Phi) is 2.09. The summed E-state index contributed by atoms with van der Waals surface area (Å²) in [4.78, 5) is 0. The van der Waals surface area contributed by atoms with E-state index in [-0.39, 0.29) is 0 Å². The van der Waals surface area contributed by atoms with Crippen molar-refractivity contribution in [3.63, 3.8) is 0 Å². The van der Waals surface area contributed by atoms with Crippen molar-refractivity contribution in [3.05, 3.63) is 12.2 Å². The first-order valence-corrected chi connectivity index (χ1v) is 5.67. The Morgan fingerprint density at radius 2 is 2.27 bits per heavy atom. The molecule has 2 aliphatic carbocycles. The van der Waals surface area contributed by atoms with Gasteiger partial charge in [0.1, 0.15) is 0 Å². The van der Waals surface area contributed by atoms with Gasteiger partial charge in [-0.15, -0.1) is 0 Å². The Labute approximate surface area is 77.2 Å². The zero-order valence-electron chi connectivity index (χ0n) is 6.96. The van der Waals surface area contributed by atoms with E-state index < -0.39 is 0 Å². The number of hydrogen-bond acceptors (Lipinski definition) is 0. The molecular weight excluding hydrogens is 200 g/mol. The number of halogens is 1. The van der Waals surface area contributed by atoms with Gasteiger partial charge < -0.3 is 0 Å². The van der Waals surface area contributed by atoms with Crippen molar-refractivity contribution in [2.75, 3.05) is 5.33 Å². The van der Waals surface area contributed by atoms with Gasteiger partial charge in [-0.05, 0) is 36.5 Å². The van der Waals surface area contributed by atoms with Crippen molar-refractivity contribution < 1.29 is 0 Å². The Balaban J connectivity index is 2.02. The Hall–Kier alpha value is 0.220. The summed E-state index contributed by atoms with van der Waals surface area (Å²) in [5, 5.41) is 1.18. The van der Waals surface area contributed by atoms with Gasteiger partial charge >= 0.3 is 0 Å². The molecule has 0 heterocycles. The third kappa shape index (κ3) is 1.28. The summed E-state index contributed by atoms with van der Waals surface area (Å²) in [5.74, 6) is 3.71. The van der Waals surface area contributed by atoms with E-state index in [0.29, 0.717) is 0 Å². The van der Waals surface area contributed by atoms with Gasteiger partial charge in [0.2, 0.25) is 0 Å². The Morgan fingerprint density at radius 1 is 1.45 bits per heavy atom. The van der Waals surface area contributed by atoms with Gasteiger partial charge in [0.15, 0.2) is 0 Å². The summed E-state index contributed by atoms with van der Waals surface area (Å²) in [7, 11) is 0. The zero-order valence-corrected chi connectivity index (χ0v) is 8.55. The summed E-state index contributed by atoms with van der Waals surface area (Å²) in [6, 6.07) is 0. The molecule has 1 heteroatoms. The second-order valence-electron chi connectivity index (χ2n) is 4.08. The van der Waals surface area contributed by atoms with E-state index >= 15 is 0 Å². The molecule has 0 aliphatic heterocycles. The lowest BCUT2D eigenvalue weighted by Crippen LogP contribution is -2.17. The average molecular weight is 215 g/mol. The van der Waals surface area contributed by atoms with Crippen molar-refractivity contribution in [1.29, 1.82) is 0 Å². The molecule has 0 nitrogen and oxygen atoms in total. The number of fused-ring (bicyclic) bond motifs is 2. The predicted molar refractivity (Wildman–Crippen MR) is 51.8 cm³/mol. The van der Waals surface area contributed by atoms with Crippen LogP contribution in [0.3, 0.4) is 0 Å². The molecule has 1 saturated carbocycles. The van der Waals surface area contributed by atoms with Crippen LogP contribution in [0.5, 0.6) is 0 Å². The van der Waals surface area contributed by atoms with E-state index in [4.69, 9.17) is 0 Å². The van der Waals surface area contributed by atoms with Crippen molar-refractivity contribution in [3.8, 4) is 0 Å². The molecule has 4 atom stereocenters. The van der Waals surface area contributed by atoms with Crippen LogP contribution in [0.25, 0.3) is 0 Å². The van der Waals surface area contributed by atoms with Gasteiger partial charge in [0.25, 0.3) is 0 Å². The molecule has 2 bridgehead atoms. The molecule has 0 amide bonds. The van der Waals surface area contributed by atoms with E-state index in [1.54, 1.807) is 0 Å². The number of allylic oxidation sites excluding steroid dienone is 2. The van der Waals surface area contributed by atoms with E-state index in [0.717, 1.165) is 23.7 Å². The average Bonchev–Trinajstić information content (AvgIpc) is 2.62. The van der Waals surface area contributed by atoms with Crippen molar-refractivity contribution in [1.82, 2.24) is 0 Å². The first-order valence-electron chi connectivity index (χ1n) is 4.55. The Morgan fingerprint density at radius 3 is 2.73 bits per heavy atom. The minimum Gasteiger partial charge on any atom is -0.0925 e. The fourth-order valence-corrected chi connectivity index (χ4v) is 3.07. The van der Waals surface area contributed by atoms with Crippen LogP contribution >= 0.6 is 15.9 Å². The fraction of sp³-hybridized carbons (Fsp3) is 0.800. The van der Waals surface area contributed by atoms with E-state index in [2.05, 4.69) is 35.0 Å². The molecular formula is C10H15Br. The maximum absolute atomic E-state index is 3.57. The molecule has 0 spiro atoms. The van der Waals surface area contributed by atoms with Crippen LogP contribution in [-0.2, 0) is 0 Å². The van der Waals surface area contributed by atoms with Crippen molar-refractivity contribution >= 4 is 15.9 Å². The summed E-state index contributed by atoms with van der Waals surface area (Å²) in [6.45, 7) is 2.37. The van der Waals surface area contributed by atoms with E-state index in [1.165, 1.54) is 18.2 Å². The summed E-state index contributed by atoms with van der Waals surface area (Å²) < 4.78 is 0. The minimum atomic E-state index is 0.870. The molecule has 62 valence electrons. The van der Waals surface area contributed by atoms with Crippen LogP contribution in [0.1, 0.15) is 19.8 Å². The zero-order chi connectivity index (χ0) is 7.84. The fourth-order valence-electron chi connectivity index (χ4n) is 2.59. The van der Waals surface area contributed by atoms with E-state index in [1.807, 2.05) is 0 Å². The van der Waals surface area contributed by atoms with Crippen LogP contribution in [0.15, 0.2) is 12.2 Å². The standard InChI is InChI=1S/C10H15Br/c1-7(6-11)10-5-8-2-3-9(10)4-8/h2-3,7-10H,4-6H2,1H3. The van der Waals surface area contributed by atoms with Crippen LogP contribution in [-0.4, -0.2) is 5.33 Å². The summed E-state index contributed by atoms with van der Waals surface area (Å²) >= 11 is 3.57. The van der Waals surface area contributed by atoms with Gasteiger partial charge in [0.05, 0.1) is 0 Å². The maximum Gasteiger partial charge on any atom is 0.00599 e. The number of hydrogen-bond donors (Lipinski definition) is 0. The molecule has 4 unspecified atom stereocenters. The lowest BCUT2D eigenvalue weighted by atomic mass is 9.84. The monoisotopic (exact) mass is 214 g/mol. The molecule has 11 heavy (non-hydrogen) atoms. The van der Waals surface area contributed by atoms with Crippen LogP contribution in [0.4, 0.5) is 0 Å². The van der Waals surface area contributed by atoms with Crippen LogP contribution in [0, 0.1) is 23.7 Å². The van der Waals surface area contributed by atoms with Gasteiger partial charge in [-0.25, -0.2) is 0 Å². The van der Waals surface area contributed by atoms with Crippen LogP contribution < -0.4 is 0 Å². The predicted octanol–water partition coefficient (Wildman–Crippen LogP) is 3.23. The van der Waals surface area contributed by atoms with Crippen molar-refractivity contribution in [2.45, 2.75) is 19.8 Å². The van der Waals surface area contributed by atoms with Gasteiger partial charge in [0, 0.05) is 5.33 Å². The second kappa shape index (κ2) is 2.93. The first-order chi connectivity index (χ1) is 5.31. The molecule has 1 fully saturated rings. The van der Waals surface area contributed by atoms with Crippen molar-refractivity contribution in [2.24, 2.45) is 23.7 Å².